The largest absolute Gasteiger partial charge is 0.378 e. The Morgan fingerprint density at radius 1 is 0.833 bits per heavy atom. The number of hydrogen-bond donors (Lipinski definition) is 4. The molecule has 164 valence electrons. The van der Waals surface area contributed by atoms with Crippen molar-refractivity contribution in [2.75, 3.05) is 62.0 Å². The van der Waals surface area contributed by atoms with Crippen molar-refractivity contribution in [1.82, 2.24) is 15.0 Å². The van der Waals surface area contributed by atoms with Crippen molar-refractivity contribution in [2.45, 2.75) is 31.7 Å². The summed E-state index contributed by atoms with van der Waals surface area (Å²) >= 11 is 0. The van der Waals surface area contributed by atoms with Gasteiger partial charge in [-0.15, -0.1) is 0 Å². The summed E-state index contributed by atoms with van der Waals surface area (Å²) in [5.74, 6) is 1.72. The molecule has 1 saturated carbocycles. The molecule has 1 aliphatic rings. The van der Waals surface area contributed by atoms with Crippen LogP contribution in [0.2, 0.25) is 0 Å². The lowest BCUT2D eigenvalue weighted by Crippen LogP contribution is -2.28. The van der Waals surface area contributed by atoms with Gasteiger partial charge in [0.15, 0.2) is 0 Å². The molecule has 9 heteroatoms. The van der Waals surface area contributed by atoms with Crippen LogP contribution in [0.25, 0.3) is 0 Å². The first-order valence-electron chi connectivity index (χ1n) is 10.7. The minimum absolute atomic E-state index is 0.453. The normalized spacial score (nSPS) is 13.6. The fourth-order valence-corrected chi connectivity index (χ4v) is 2.94. The van der Waals surface area contributed by atoms with Crippen LogP contribution < -0.4 is 21.7 Å². The van der Waals surface area contributed by atoms with Gasteiger partial charge in [-0.3, -0.25) is 0 Å². The molecule has 30 heavy (non-hydrogen) atoms. The van der Waals surface area contributed by atoms with Gasteiger partial charge in [0.25, 0.3) is 0 Å². The third kappa shape index (κ3) is 8.10. The zero-order valence-electron chi connectivity index (χ0n) is 17.5. The third-order valence-electron chi connectivity index (χ3n) is 4.78. The van der Waals surface area contributed by atoms with Crippen LogP contribution in [0.15, 0.2) is 30.3 Å². The number of nitrogens with one attached hydrogen (secondary N) is 3. The molecule has 1 aromatic heterocycles. The van der Waals surface area contributed by atoms with E-state index >= 15 is 0 Å². The summed E-state index contributed by atoms with van der Waals surface area (Å²) in [6, 6.07) is 10.8. The van der Waals surface area contributed by atoms with Gasteiger partial charge in [-0.05, 0) is 31.2 Å². The van der Waals surface area contributed by atoms with Crippen molar-refractivity contribution in [3.8, 4) is 0 Å². The molecule has 3 rings (SSSR count). The van der Waals surface area contributed by atoms with Gasteiger partial charge in [0.1, 0.15) is 0 Å². The second kappa shape index (κ2) is 12.9. The first kappa shape index (κ1) is 22.2. The van der Waals surface area contributed by atoms with Gasteiger partial charge < -0.3 is 31.2 Å². The second-order valence-electron chi connectivity index (χ2n) is 7.18. The molecule has 0 bridgehead atoms. The van der Waals surface area contributed by atoms with E-state index in [1.807, 2.05) is 18.2 Å². The minimum atomic E-state index is 0.453. The number of anilines is 3. The predicted molar refractivity (Wildman–Crippen MR) is 119 cm³/mol. The lowest BCUT2D eigenvalue weighted by atomic mass is 9.93. The van der Waals surface area contributed by atoms with E-state index in [1.54, 1.807) is 0 Å². The minimum Gasteiger partial charge on any atom is -0.378 e. The summed E-state index contributed by atoms with van der Waals surface area (Å²) in [6.45, 7) is 4.08. The van der Waals surface area contributed by atoms with Gasteiger partial charge >= 0.3 is 0 Å². The Labute approximate surface area is 178 Å². The Kier molecular flexibility index (Phi) is 9.58. The first-order valence-corrected chi connectivity index (χ1v) is 10.7. The van der Waals surface area contributed by atoms with E-state index < -0.39 is 0 Å². The van der Waals surface area contributed by atoms with Gasteiger partial charge in [-0.25, -0.2) is 0 Å². The van der Waals surface area contributed by atoms with Crippen molar-refractivity contribution in [3.63, 3.8) is 0 Å². The highest BCUT2D eigenvalue weighted by Crippen LogP contribution is 2.22. The van der Waals surface area contributed by atoms with Crippen molar-refractivity contribution in [3.05, 3.63) is 35.9 Å². The zero-order valence-corrected chi connectivity index (χ0v) is 17.5. The summed E-state index contributed by atoms with van der Waals surface area (Å²) in [4.78, 5) is 13.5. The highest BCUT2D eigenvalue weighted by molar-refractivity contribution is 5.43. The van der Waals surface area contributed by atoms with Crippen molar-refractivity contribution >= 4 is 17.8 Å². The van der Waals surface area contributed by atoms with Crippen molar-refractivity contribution < 1.29 is 9.47 Å². The summed E-state index contributed by atoms with van der Waals surface area (Å²) in [7, 11) is 0. The van der Waals surface area contributed by atoms with Gasteiger partial charge in [-0.1, -0.05) is 30.3 Å². The number of nitrogens with zero attached hydrogens (tertiary/aromatic N) is 3. The van der Waals surface area contributed by atoms with Crippen LogP contribution in [-0.4, -0.2) is 67.1 Å². The molecule has 1 heterocycles. The van der Waals surface area contributed by atoms with E-state index in [4.69, 9.17) is 15.2 Å². The fraction of sp³-hybridized carbons (Fsp3) is 0.571. The van der Waals surface area contributed by atoms with Crippen LogP contribution in [0.3, 0.4) is 0 Å². The molecule has 1 fully saturated rings. The maximum Gasteiger partial charge on any atom is 0.229 e. The second-order valence-corrected chi connectivity index (χ2v) is 7.18. The molecule has 0 saturated heterocycles. The lowest BCUT2D eigenvalue weighted by molar-refractivity contribution is 0.0547. The lowest BCUT2D eigenvalue weighted by Gasteiger charge is -2.26. The molecule has 0 radical (unpaired) electrons. The number of benzene rings is 1. The molecule has 0 atom stereocenters. The maximum atomic E-state index is 5.54. The van der Waals surface area contributed by atoms with E-state index in [0.717, 1.165) is 25.8 Å². The maximum absolute atomic E-state index is 5.54. The topological polar surface area (TPSA) is 119 Å². The molecular weight excluding hydrogens is 382 g/mol. The van der Waals surface area contributed by atoms with E-state index in [0.29, 0.717) is 63.4 Å². The first-order chi connectivity index (χ1) is 14.8. The van der Waals surface area contributed by atoms with Crippen LogP contribution in [0.1, 0.15) is 24.8 Å². The Bertz CT molecular complexity index is 729. The van der Waals surface area contributed by atoms with Gasteiger partial charge in [0.05, 0.1) is 26.4 Å². The Hall–Kier alpha value is -2.49. The van der Waals surface area contributed by atoms with Crippen LogP contribution >= 0.6 is 0 Å². The summed E-state index contributed by atoms with van der Waals surface area (Å²) in [5, 5.41) is 9.93. The van der Waals surface area contributed by atoms with Gasteiger partial charge in [-0.2, -0.15) is 15.0 Å². The molecule has 0 amide bonds. The number of nitrogens with two attached hydrogens (primary N) is 1. The number of ether oxygens (including phenoxy) is 2. The average Bonchev–Trinajstić information content (AvgIpc) is 2.73. The average molecular weight is 416 g/mol. The fourth-order valence-electron chi connectivity index (χ4n) is 2.94. The molecule has 0 spiro atoms. The molecule has 1 aliphatic carbocycles. The number of hydrogen-bond acceptors (Lipinski definition) is 9. The SMILES string of the molecule is NCCOCCOCCNc1nc(NCCc2ccccc2)nc(NC2CCC2)n1. The summed E-state index contributed by atoms with van der Waals surface area (Å²) in [6.07, 6.45) is 4.47. The van der Waals surface area contributed by atoms with Gasteiger partial charge in [0, 0.05) is 25.7 Å². The van der Waals surface area contributed by atoms with Crippen LogP contribution in [0, 0.1) is 0 Å². The summed E-state index contributed by atoms with van der Waals surface area (Å²) < 4.78 is 10.8. The number of rotatable bonds is 15. The highest BCUT2D eigenvalue weighted by atomic mass is 16.5. The molecule has 5 N–H and O–H groups in total. The third-order valence-corrected chi connectivity index (χ3v) is 4.78. The van der Waals surface area contributed by atoms with E-state index in [9.17, 15) is 0 Å². The molecule has 1 aromatic carbocycles. The molecule has 0 unspecified atom stereocenters. The Morgan fingerprint density at radius 3 is 2.17 bits per heavy atom. The molecule has 2 aromatic rings. The standard InChI is InChI=1S/C21H33N7O2/c22-10-13-29-15-16-30-14-12-24-20-26-19(23-11-9-17-5-2-1-3-6-17)27-21(28-20)25-18-7-4-8-18/h1-3,5-6,18H,4,7-16,22H2,(H3,23,24,25,26,27,28). The summed E-state index contributed by atoms with van der Waals surface area (Å²) in [5.41, 5.74) is 6.65. The zero-order chi connectivity index (χ0) is 20.9. The van der Waals surface area contributed by atoms with Crippen LogP contribution in [0.4, 0.5) is 17.8 Å². The van der Waals surface area contributed by atoms with Crippen molar-refractivity contribution in [2.24, 2.45) is 5.73 Å². The van der Waals surface area contributed by atoms with E-state index in [-0.39, 0.29) is 0 Å². The highest BCUT2D eigenvalue weighted by Gasteiger charge is 2.19. The van der Waals surface area contributed by atoms with Crippen molar-refractivity contribution in [1.29, 1.82) is 0 Å². The molecule has 9 nitrogen and oxygen atoms in total. The van der Waals surface area contributed by atoms with E-state index in [1.165, 1.54) is 12.0 Å². The Morgan fingerprint density at radius 2 is 1.50 bits per heavy atom. The smallest absolute Gasteiger partial charge is 0.229 e. The van der Waals surface area contributed by atoms with Crippen LogP contribution in [0.5, 0.6) is 0 Å². The molecule has 0 aliphatic heterocycles. The quantitative estimate of drug-likeness (QED) is 0.323. The Balaban J connectivity index is 1.47. The predicted octanol–water partition coefficient (Wildman–Crippen LogP) is 1.89. The van der Waals surface area contributed by atoms with Gasteiger partial charge in [0.2, 0.25) is 17.8 Å². The molecular formula is C21H33N7O2. The van der Waals surface area contributed by atoms with E-state index in [2.05, 4.69) is 43.0 Å². The number of aromatic nitrogens is 3. The monoisotopic (exact) mass is 415 g/mol. The van der Waals surface area contributed by atoms with Crippen LogP contribution in [-0.2, 0) is 15.9 Å².